The monoisotopic (exact) mass is 264 g/mol. The lowest BCUT2D eigenvalue weighted by atomic mass is 9.99. The molecule has 1 aromatic rings. The first-order valence-corrected chi connectivity index (χ1v) is 6.70. The van der Waals surface area contributed by atoms with Crippen molar-refractivity contribution in [3.63, 3.8) is 0 Å². The van der Waals surface area contributed by atoms with E-state index in [9.17, 15) is 0 Å². The number of alkyl halides is 3. The van der Waals surface area contributed by atoms with Crippen LogP contribution in [0.5, 0.6) is 0 Å². The van der Waals surface area contributed by atoms with Gasteiger partial charge in [-0.25, -0.2) is 0 Å². The van der Waals surface area contributed by atoms with Gasteiger partial charge in [-0.15, -0.1) is 34.8 Å². The predicted octanol–water partition coefficient (Wildman–Crippen LogP) is 4.03. The molecule has 0 aliphatic carbocycles. The molecule has 0 atom stereocenters. The highest BCUT2D eigenvalue weighted by molar-refractivity contribution is 6.18. The number of halogens is 3. The molecule has 0 amide bonds. The summed E-state index contributed by atoms with van der Waals surface area (Å²) < 4.78 is 0. The predicted molar refractivity (Wildman–Crippen MR) is 69.7 cm³/mol. The summed E-state index contributed by atoms with van der Waals surface area (Å²) >= 11 is 17.3. The van der Waals surface area contributed by atoms with Gasteiger partial charge in [-0.3, -0.25) is 0 Å². The molecular formula is C12H15Cl3. The van der Waals surface area contributed by atoms with Gasteiger partial charge in [-0.1, -0.05) is 18.2 Å². The van der Waals surface area contributed by atoms with Crippen molar-refractivity contribution >= 4 is 34.8 Å². The Morgan fingerprint density at radius 1 is 0.733 bits per heavy atom. The quantitative estimate of drug-likeness (QED) is 0.681. The summed E-state index contributed by atoms with van der Waals surface area (Å²) in [5.41, 5.74) is 3.90. The highest BCUT2D eigenvalue weighted by atomic mass is 35.5. The molecule has 0 saturated heterocycles. The highest BCUT2D eigenvalue weighted by Gasteiger charge is 2.03. The first-order valence-electron chi connectivity index (χ1n) is 5.10. The lowest BCUT2D eigenvalue weighted by molar-refractivity contribution is 1.02. The summed E-state index contributed by atoms with van der Waals surface area (Å²) in [5, 5.41) is 0. The second-order valence-electron chi connectivity index (χ2n) is 3.42. The molecular weight excluding hydrogens is 250 g/mol. The molecule has 0 unspecified atom stereocenters. The Balaban J connectivity index is 2.87. The number of hydrogen-bond donors (Lipinski definition) is 0. The Kier molecular flexibility index (Phi) is 6.47. The molecule has 15 heavy (non-hydrogen) atoms. The van der Waals surface area contributed by atoms with Gasteiger partial charge in [0, 0.05) is 17.6 Å². The molecule has 1 rings (SSSR count). The van der Waals surface area contributed by atoms with Crippen LogP contribution in [0.15, 0.2) is 18.2 Å². The number of benzene rings is 1. The van der Waals surface area contributed by atoms with Gasteiger partial charge in [0.15, 0.2) is 0 Å². The molecule has 1 aromatic carbocycles. The van der Waals surface area contributed by atoms with Crippen molar-refractivity contribution < 1.29 is 0 Å². The fourth-order valence-electron chi connectivity index (χ4n) is 1.62. The van der Waals surface area contributed by atoms with Gasteiger partial charge >= 0.3 is 0 Å². The van der Waals surface area contributed by atoms with Gasteiger partial charge < -0.3 is 0 Å². The Labute approximate surface area is 107 Å². The Bertz CT molecular complexity index is 297. The summed E-state index contributed by atoms with van der Waals surface area (Å²) in [5.74, 6) is 1.97. The smallest absolute Gasteiger partial charge is 0.0264 e. The normalized spacial score (nSPS) is 10.6. The minimum Gasteiger partial charge on any atom is -0.126 e. The molecule has 0 aromatic heterocycles. The van der Waals surface area contributed by atoms with E-state index in [2.05, 4.69) is 18.2 Å². The van der Waals surface area contributed by atoms with Crippen molar-refractivity contribution in [2.75, 3.05) is 17.6 Å². The van der Waals surface area contributed by atoms with Crippen LogP contribution in [0.25, 0.3) is 0 Å². The van der Waals surface area contributed by atoms with E-state index in [0.29, 0.717) is 17.6 Å². The summed E-state index contributed by atoms with van der Waals surface area (Å²) in [6.45, 7) is 0. The molecule has 0 aliphatic heterocycles. The fourth-order valence-corrected chi connectivity index (χ4v) is 2.25. The van der Waals surface area contributed by atoms with Crippen LogP contribution in [0.3, 0.4) is 0 Å². The van der Waals surface area contributed by atoms with Crippen LogP contribution >= 0.6 is 34.8 Å². The molecule has 0 radical (unpaired) electrons. The van der Waals surface area contributed by atoms with Gasteiger partial charge in [-0.05, 0) is 36.0 Å². The van der Waals surface area contributed by atoms with Crippen molar-refractivity contribution in [2.24, 2.45) is 0 Å². The van der Waals surface area contributed by atoms with E-state index in [4.69, 9.17) is 34.8 Å². The van der Waals surface area contributed by atoms with Gasteiger partial charge in [0.25, 0.3) is 0 Å². The minimum absolute atomic E-state index is 0.652. The maximum Gasteiger partial charge on any atom is 0.0264 e. The zero-order chi connectivity index (χ0) is 11.1. The van der Waals surface area contributed by atoms with Crippen LogP contribution in [0.2, 0.25) is 0 Å². The molecule has 0 heterocycles. The molecule has 84 valence electrons. The molecule has 0 N–H and O–H groups in total. The molecule has 3 heteroatoms. The minimum atomic E-state index is 0.652. The Morgan fingerprint density at radius 2 is 1.33 bits per heavy atom. The molecule has 0 fully saturated rings. The van der Waals surface area contributed by atoms with E-state index in [1.807, 2.05) is 0 Å². The van der Waals surface area contributed by atoms with Crippen LogP contribution in [0, 0.1) is 0 Å². The van der Waals surface area contributed by atoms with Gasteiger partial charge in [0.1, 0.15) is 0 Å². The average molecular weight is 266 g/mol. The zero-order valence-electron chi connectivity index (χ0n) is 8.61. The molecule has 0 bridgehead atoms. The Morgan fingerprint density at radius 3 is 1.93 bits per heavy atom. The first kappa shape index (κ1) is 13.2. The second-order valence-corrected chi connectivity index (χ2v) is 4.55. The maximum absolute atomic E-state index is 5.78. The zero-order valence-corrected chi connectivity index (χ0v) is 10.9. The third-order valence-corrected chi connectivity index (χ3v) is 2.95. The van der Waals surface area contributed by atoms with Crippen LogP contribution in [0.1, 0.15) is 16.7 Å². The summed E-state index contributed by atoms with van der Waals surface area (Å²) in [4.78, 5) is 0. The van der Waals surface area contributed by atoms with E-state index in [-0.39, 0.29) is 0 Å². The fraction of sp³-hybridized carbons (Fsp3) is 0.500. The first-order chi connectivity index (χ1) is 7.31. The lowest BCUT2D eigenvalue weighted by Gasteiger charge is -2.09. The van der Waals surface area contributed by atoms with Crippen molar-refractivity contribution in [3.8, 4) is 0 Å². The lowest BCUT2D eigenvalue weighted by Crippen LogP contribution is -1.99. The largest absolute Gasteiger partial charge is 0.126 e. The SMILES string of the molecule is ClCCc1ccc(CCCl)c(CCCl)c1. The van der Waals surface area contributed by atoms with Crippen molar-refractivity contribution in [2.45, 2.75) is 19.3 Å². The summed E-state index contributed by atoms with van der Waals surface area (Å²) in [7, 11) is 0. The second kappa shape index (κ2) is 7.38. The van der Waals surface area contributed by atoms with E-state index in [0.717, 1.165) is 19.3 Å². The van der Waals surface area contributed by atoms with E-state index in [1.165, 1.54) is 16.7 Å². The third kappa shape index (κ3) is 4.22. The van der Waals surface area contributed by atoms with Gasteiger partial charge in [0.2, 0.25) is 0 Å². The summed E-state index contributed by atoms with van der Waals surface area (Å²) in [6, 6.07) is 6.47. The molecule has 0 aliphatic rings. The number of hydrogen-bond acceptors (Lipinski definition) is 0. The Hall–Kier alpha value is 0.0900. The van der Waals surface area contributed by atoms with Crippen molar-refractivity contribution in [1.29, 1.82) is 0 Å². The maximum atomic E-state index is 5.78. The van der Waals surface area contributed by atoms with Gasteiger partial charge in [0.05, 0.1) is 0 Å². The van der Waals surface area contributed by atoms with Crippen LogP contribution in [-0.4, -0.2) is 17.6 Å². The van der Waals surface area contributed by atoms with Crippen LogP contribution in [-0.2, 0) is 19.3 Å². The molecule has 0 saturated carbocycles. The standard InChI is InChI=1S/C12H15Cl3/c13-6-3-10-1-2-11(4-7-14)12(9-10)5-8-15/h1-2,9H,3-8H2. The van der Waals surface area contributed by atoms with E-state index >= 15 is 0 Å². The third-order valence-electron chi connectivity index (χ3n) is 2.38. The number of aryl methyl sites for hydroxylation is 3. The van der Waals surface area contributed by atoms with Crippen molar-refractivity contribution in [3.05, 3.63) is 34.9 Å². The summed E-state index contributed by atoms with van der Waals surface area (Å²) in [6.07, 6.45) is 2.73. The average Bonchev–Trinajstić information content (AvgIpc) is 2.23. The van der Waals surface area contributed by atoms with E-state index < -0.39 is 0 Å². The number of rotatable bonds is 6. The molecule has 0 spiro atoms. The van der Waals surface area contributed by atoms with Crippen molar-refractivity contribution in [1.82, 2.24) is 0 Å². The molecule has 0 nitrogen and oxygen atoms in total. The van der Waals surface area contributed by atoms with Crippen LogP contribution in [0.4, 0.5) is 0 Å². The van der Waals surface area contributed by atoms with Crippen LogP contribution < -0.4 is 0 Å². The van der Waals surface area contributed by atoms with Gasteiger partial charge in [-0.2, -0.15) is 0 Å². The topological polar surface area (TPSA) is 0 Å². The highest BCUT2D eigenvalue weighted by Crippen LogP contribution is 2.15. The van der Waals surface area contributed by atoms with E-state index in [1.54, 1.807) is 0 Å².